The Kier molecular flexibility index (Phi) is 3.48. The van der Waals surface area contributed by atoms with Gasteiger partial charge in [-0.15, -0.1) is 0 Å². The molecule has 4 nitrogen and oxygen atoms in total. The van der Waals surface area contributed by atoms with Gasteiger partial charge in [0.15, 0.2) is 0 Å². The average Bonchev–Trinajstić information content (AvgIpc) is 2.71. The molecule has 2 rings (SSSR count). The Morgan fingerprint density at radius 3 is 2.18 bits per heavy atom. The molecular weight excluding hydrogens is 353 g/mol. The van der Waals surface area contributed by atoms with Crippen LogP contribution in [0.15, 0.2) is 21.3 Å². The van der Waals surface area contributed by atoms with E-state index in [1.54, 1.807) is 0 Å². The molecule has 0 spiro atoms. The Morgan fingerprint density at radius 2 is 1.65 bits per heavy atom. The maximum absolute atomic E-state index is 11.9. The number of Topliss-reactive ketones (excluding diaryl/α,β-unsaturated/α-hetero) is 2. The van der Waals surface area contributed by atoms with Crippen LogP contribution in [0.2, 0.25) is 0 Å². The van der Waals surface area contributed by atoms with Crippen LogP contribution >= 0.6 is 34.8 Å². The Bertz CT molecular complexity index is 603. The van der Waals surface area contributed by atoms with Crippen molar-refractivity contribution in [2.75, 3.05) is 5.73 Å². The van der Waals surface area contributed by atoms with Gasteiger partial charge in [0.05, 0.1) is 0 Å². The van der Waals surface area contributed by atoms with Gasteiger partial charge >= 0.3 is 117 Å². The van der Waals surface area contributed by atoms with Gasteiger partial charge in [-0.3, -0.25) is 0 Å². The van der Waals surface area contributed by atoms with Crippen molar-refractivity contribution in [2.24, 2.45) is 0 Å². The van der Waals surface area contributed by atoms with Crippen LogP contribution in [-0.4, -0.2) is 31.1 Å². The molecule has 0 bridgehead atoms. The van der Waals surface area contributed by atoms with Gasteiger partial charge in [0, 0.05) is 0 Å². The molecule has 0 saturated heterocycles. The van der Waals surface area contributed by atoms with Crippen molar-refractivity contribution < 1.29 is 9.59 Å². The van der Waals surface area contributed by atoms with Crippen molar-refractivity contribution in [1.82, 2.24) is 4.98 Å². The van der Waals surface area contributed by atoms with Crippen LogP contribution in [0.1, 0.15) is 4.44 Å². The summed E-state index contributed by atoms with van der Waals surface area (Å²) in [5, 5.41) is -0.911. The van der Waals surface area contributed by atoms with E-state index in [2.05, 4.69) is 4.98 Å². The first kappa shape index (κ1) is 12.9. The molecule has 0 aliphatic heterocycles. The van der Waals surface area contributed by atoms with Gasteiger partial charge in [-0.1, -0.05) is 0 Å². The summed E-state index contributed by atoms with van der Waals surface area (Å²) >= 11 is 16.8. The van der Waals surface area contributed by atoms with E-state index in [0.29, 0.717) is 9.13 Å². The first-order chi connectivity index (χ1) is 7.93. The molecule has 0 unspecified atom stereocenters. The second-order valence-corrected chi connectivity index (χ2v) is 6.40. The predicted molar refractivity (Wildman–Crippen MR) is 67.1 cm³/mol. The molecule has 2 N–H and O–H groups in total. The molecule has 8 heteroatoms. The van der Waals surface area contributed by atoms with Crippen molar-refractivity contribution in [2.45, 2.75) is 0 Å². The van der Waals surface area contributed by atoms with Gasteiger partial charge in [0.1, 0.15) is 0 Å². The number of hydrogen-bond acceptors (Lipinski definition) is 4. The standard InChI is InChI=1S/C9H3Cl3N2O2Se/c10-4-3(2-1-14-9(13)17-2)7(15)5(11)6(12)8(4)16/h1H,(H2,13,14). The second-order valence-electron chi connectivity index (χ2n) is 3.04. The molecule has 1 heterocycles. The third kappa shape index (κ3) is 2.09. The quantitative estimate of drug-likeness (QED) is 0.612. The molecule has 0 amide bonds. The zero-order valence-electron chi connectivity index (χ0n) is 7.96. The first-order valence-electron chi connectivity index (χ1n) is 4.19. The summed E-state index contributed by atoms with van der Waals surface area (Å²) in [6.45, 7) is 0. The van der Waals surface area contributed by atoms with Gasteiger partial charge in [-0.05, 0) is 0 Å². The number of ketones is 2. The van der Waals surface area contributed by atoms with Crippen molar-refractivity contribution in [3.05, 3.63) is 25.7 Å². The molecule has 1 aliphatic carbocycles. The van der Waals surface area contributed by atoms with Gasteiger partial charge in [-0.25, -0.2) is 0 Å². The number of allylic oxidation sites excluding steroid dienone is 4. The third-order valence-corrected chi connectivity index (χ3v) is 4.96. The van der Waals surface area contributed by atoms with E-state index in [-0.39, 0.29) is 35.2 Å². The summed E-state index contributed by atoms with van der Waals surface area (Å²) in [5.74, 6) is -1.23. The van der Waals surface area contributed by atoms with Crippen molar-refractivity contribution in [1.29, 1.82) is 0 Å². The summed E-state index contributed by atoms with van der Waals surface area (Å²) < 4.78 is 0.933. The maximum atomic E-state index is 11.9. The molecule has 0 fully saturated rings. The minimum absolute atomic E-state index is 0.0512. The van der Waals surface area contributed by atoms with Gasteiger partial charge < -0.3 is 0 Å². The Labute approximate surface area is 117 Å². The summed E-state index contributed by atoms with van der Waals surface area (Å²) in [7, 11) is 0. The van der Waals surface area contributed by atoms with Gasteiger partial charge in [-0.2, -0.15) is 0 Å². The molecule has 0 atom stereocenters. The van der Waals surface area contributed by atoms with Crippen LogP contribution < -0.4 is 5.73 Å². The SMILES string of the molecule is Nc1ncc(C2=C(Cl)C(=O)C(Cl)=C(Cl)C2=O)[se]1. The van der Waals surface area contributed by atoms with E-state index < -0.39 is 11.6 Å². The number of nitrogen functional groups attached to an aromatic ring is 1. The van der Waals surface area contributed by atoms with Crippen molar-refractivity contribution >= 4 is 71.1 Å². The number of aromatic nitrogens is 1. The summed E-state index contributed by atoms with van der Waals surface area (Å²) in [4.78, 5) is 27.4. The number of halogens is 3. The van der Waals surface area contributed by atoms with E-state index in [1.807, 2.05) is 0 Å². The van der Waals surface area contributed by atoms with Crippen molar-refractivity contribution in [3.8, 4) is 0 Å². The number of rotatable bonds is 1. The van der Waals surface area contributed by atoms with Gasteiger partial charge in [0.2, 0.25) is 0 Å². The number of hydrogen-bond donors (Lipinski definition) is 1. The van der Waals surface area contributed by atoms with E-state index in [1.165, 1.54) is 6.20 Å². The number of nitrogens with two attached hydrogens (primary N) is 1. The van der Waals surface area contributed by atoms with Crippen LogP contribution in [0.3, 0.4) is 0 Å². The molecule has 0 radical (unpaired) electrons. The zero-order chi connectivity index (χ0) is 12.7. The molecule has 17 heavy (non-hydrogen) atoms. The number of anilines is 1. The topological polar surface area (TPSA) is 73.0 Å². The molecular formula is C9H3Cl3N2O2Se. The number of nitrogens with zero attached hydrogens (tertiary/aromatic N) is 1. The normalized spacial score (nSPS) is 17.1. The van der Waals surface area contributed by atoms with E-state index in [0.717, 1.165) is 0 Å². The van der Waals surface area contributed by atoms with Crippen LogP contribution in [0.5, 0.6) is 0 Å². The molecule has 0 saturated carbocycles. The molecule has 1 aromatic heterocycles. The number of carbonyl (C=O) groups excluding carboxylic acids is 2. The Balaban J connectivity index is 2.61. The average molecular weight is 356 g/mol. The fourth-order valence-electron chi connectivity index (χ4n) is 1.24. The van der Waals surface area contributed by atoms with Crippen LogP contribution in [-0.2, 0) is 9.59 Å². The molecule has 0 aromatic carbocycles. The van der Waals surface area contributed by atoms with Crippen LogP contribution in [0.4, 0.5) is 4.69 Å². The fourth-order valence-corrected chi connectivity index (χ4v) is 3.60. The summed E-state index contributed by atoms with van der Waals surface area (Å²) in [5.41, 5.74) is 5.56. The second kappa shape index (κ2) is 4.59. The molecule has 1 aromatic rings. The van der Waals surface area contributed by atoms with E-state index in [4.69, 9.17) is 40.5 Å². The summed E-state index contributed by atoms with van der Waals surface area (Å²) in [6.07, 6.45) is 1.42. The predicted octanol–water partition coefficient (Wildman–Crippen LogP) is 1.51. The first-order valence-corrected chi connectivity index (χ1v) is 7.04. The van der Waals surface area contributed by atoms with E-state index in [9.17, 15) is 9.59 Å². The monoisotopic (exact) mass is 356 g/mol. The van der Waals surface area contributed by atoms with Crippen LogP contribution in [0.25, 0.3) is 5.57 Å². The summed E-state index contributed by atoms with van der Waals surface area (Å²) in [6, 6.07) is 0. The third-order valence-electron chi connectivity index (χ3n) is 2.01. The van der Waals surface area contributed by atoms with Crippen LogP contribution in [0, 0.1) is 0 Å². The molecule has 88 valence electrons. The molecule has 1 aliphatic rings. The van der Waals surface area contributed by atoms with Gasteiger partial charge in [0.25, 0.3) is 0 Å². The Hall–Kier alpha value is -0.581. The van der Waals surface area contributed by atoms with Crippen molar-refractivity contribution in [3.63, 3.8) is 0 Å². The minimum atomic E-state index is -0.657. The zero-order valence-corrected chi connectivity index (χ0v) is 11.9. The Morgan fingerprint density at radius 1 is 1.06 bits per heavy atom. The fraction of sp³-hybridized carbons (Fsp3) is 0. The van der Waals surface area contributed by atoms with E-state index >= 15 is 0 Å². The number of carbonyl (C=O) groups is 2.